The maximum absolute atomic E-state index is 2.60. The van der Waals surface area contributed by atoms with E-state index in [0.717, 1.165) is 6.42 Å². The van der Waals surface area contributed by atoms with Crippen molar-refractivity contribution in [1.29, 1.82) is 0 Å². The maximum Gasteiger partial charge on any atom is 0.00861 e. The van der Waals surface area contributed by atoms with E-state index in [-0.39, 0.29) is 66.9 Å². The monoisotopic (exact) mass is 618 g/mol. The second-order valence-electron chi connectivity index (χ2n) is 11.1. The van der Waals surface area contributed by atoms with Gasteiger partial charge in [-0.05, 0) is 57.1 Å². The van der Waals surface area contributed by atoms with Gasteiger partial charge in [-0.1, -0.05) is 102 Å². The van der Waals surface area contributed by atoms with Crippen LogP contribution in [0.3, 0.4) is 0 Å². The Morgan fingerprint density at radius 1 is 0.871 bits per heavy atom. The Kier molecular flexibility index (Phi) is 7.40. The summed E-state index contributed by atoms with van der Waals surface area (Å²) in [6.07, 6.45) is 7.44. The predicted molar refractivity (Wildman–Crippen MR) is 120 cm³/mol. The summed E-state index contributed by atoms with van der Waals surface area (Å²) in [5.41, 5.74) is 11.3. The minimum atomic E-state index is 0. The van der Waals surface area contributed by atoms with Crippen molar-refractivity contribution >= 4 is 0 Å². The van der Waals surface area contributed by atoms with E-state index in [4.69, 9.17) is 0 Å². The first-order valence-electron chi connectivity index (χ1n) is 10.8. The Bertz CT molecular complexity index is 1050. The van der Waals surface area contributed by atoms with Crippen LogP contribution >= 0.6 is 0 Å². The molecule has 0 heterocycles. The van der Waals surface area contributed by atoms with Crippen molar-refractivity contribution in [1.82, 2.24) is 0 Å². The third kappa shape index (κ3) is 3.98. The van der Waals surface area contributed by atoms with Gasteiger partial charge in [0.15, 0.2) is 0 Å². The second-order valence-corrected chi connectivity index (χ2v) is 11.1. The maximum atomic E-state index is 2.60. The van der Waals surface area contributed by atoms with Crippen LogP contribution in [0.1, 0.15) is 64.7 Å². The van der Waals surface area contributed by atoms with Crippen molar-refractivity contribution in [2.45, 2.75) is 59.8 Å². The zero-order valence-corrected chi connectivity index (χ0v) is 24.5. The van der Waals surface area contributed by atoms with E-state index in [2.05, 4.69) is 96.2 Å². The van der Waals surface area contributed by atoms with Crippen LogP contribution in [0.2, 0.25) is 0 Å². The molecule has 3 heteroatoms. The van der Waals surface area contributed by atoms with Gasteiger partial charge in [0.1, 0.15) is 0 Å². The molecule has 0 saturated heterocycles. The van der Waals surface area contributed by atoms with E-state index in [9.17, 15) is 0 Å². The molecule has 0 radical (unpaired) electrons. The molecule has 0 amide bonds. The normalized spacial score (nSPS) is 24.5. The molecule has 3 aliphatic rings. The van der Waals surface area contributed by atoms with Crippen LogP contribution in [0.25, 0.3) is 11.1 Å². The van der Waals surface area contributed by atoms with Crippen LogP contribution in [0.5, 0.6) is 0 Å². The molecule has 2 aromatic rings. The smallest absolute Gasteiger partial charge is 0.00861 e. The van der Waals surface area contributed by atoms with Gasteiger partial charge in [0.05, 0.1) is 0 Å². The first-order valence-corrected chi connectivity index (χ1v) is 10.8. The minimum absolute atomic E-state index is 0. The van der Waals surface area contributed by atoms with Gasteiger partial charge in [0, 0.05) is 37.2 Å². The van der Waals surface area contributed by atoms with Crippen molar-refractivity contribution in [2.24, 2.45) is 16.7 Å². The average molecular weight is 618 g/mol. The Hall–Kier alpha value is -0.630. The standard InChI is InChI=1S/C28H32.2ClH.Hf/c1-26(2,3)19-15-24-25(16-19)28(6,17-27(24,4)5)23-13-9-12-21-20-11-8-7-10-18(20)14-22(21)23;;;/h7-13,15-16,25H,14,17H2,1-6H3;2*1H;/p-2. The SMILES string of the molecule is CC(C)(C)C1=CC2C(=C1)C(C)(C)CC2(C)c1cccc2c1Cc1ccccc1-2.[Cl-].[Cl-].[Hf]. The molecule has 0 N–H and O–H groups in total. The van der Waals surface area contributed by atoms with E-state index in [1.807, 2.05) is 0 Å². The van der Waals surface area contributed by atoms with Crippen molar-refractivity contribution in [3.05, 3.63) is 82.5 Å². The molecule has 0 aliphatic heterocycles. The van der Waals surface area contributed by atoms with E-state index >= 15 is 0 Å². The Morgan fingerprint density at radius 3 is 2.19 bits per heavy atom. The number of hydrogen-bond acceptors (Lipinski definition) is 0. The molecule has 2 aromatic carbocycles. The number of rotatable bonds is 1. The van der Waals surface area contributed by atoms with Gasteiger partial charge in [-0.2, -0.15) is 0 Å². The van der Waals surface area contributed by atoms with Crippen molar-refractivity contribution in [3.8, 4) is 11.1 Å². The summed E-state index contributed by atoms with van der Waals surface area (Å²) in [6, 6.07) is 16.0. The molecule has 2 atom stereocenters. The van der Waals surface area contributed by atoms with Gasteiger partial charge in [0.25, 0.3) is 0 Å². The van der Waals surface area contributed by atoms with Gasteiger partial charge in [-0.15, -0.1) is 0 Å². The van der Waals surface area contributed by atoms with Gasteiger partial charge >= 0.3 is 0 Å². The second kappa shape index (κ2) is 8.62. The first kappa shape index (κ1) is 26.6. The Labute approximate surface area is 219 Å². The molecule has 0 bridgehead atoms. The van der Waals surface area contributed by atoms with Crippen LogP contribution in [0, 0.1) is 16.7 Å². The fourth-order valence-corrected chi connectivity index (χ4v) is 6.27. The molecule has 1 fully saturated rings. The van der Waals surface area contributed by atoms with Crippen LogP contribution in [0.15, 0.2) is 65.8 Å². The van der Waals surface area contributed by atoms with Gasteiger partial charge in [0.2, 0.25) is 0 Å². The average Bonchev–Trinajstić information content (AvgIpc) is 3.27. The summed E-state index contributed by atoms with van der Waals surface area (Å²) in [5.74, 6) is 0.520. The van der Waals surface area contributed by atoms with E-state index in [0.29, 0.717) is 5.92 Å². The summed E-state index contributed by atoms with van der Waals surface area (Å²) in [4.78, 5) is 0. The van der Waals surface area contributed by atoms with Crippen LogP contribution < -0.4 is 24.8 Å². The predicted octanol–water partition coefficient (Wildman–Crippen LogP) is 1.48. The molecule has 31 heavy (non-hydrogen) atoms. The molecule has 2 unspecified atom stereocenters. The van der Waals surface area contributed by atoms with E-state index in [1.165, 1.54) is 28.7 Å². The van der Waals surface area contributed by atoms with Crippen LogP contribution in [-0.4, -0.2) is 0 Å². The third-order valence-corrected chi connectivity index (χ3v) is 7.60. The fraction of sp³-hybridized carbons (Fsp3) is 0.429. The Morgan fingerprint density at radius 2 is 1.52 bits per heavy atom. The topological polar surface area (TPSA) is 0 Å². The van der Waals surface area contributed by atoms with Gasteiger partial charge in [-0.3, -0.25) is 0 Å². The van der Waals surface area contributed by atoms with Crippen LogP contribution in [0.4, 0.5) is 0 Å². The summed E-state index contributed by atoms with van der Waals surface area (Å²) in [7, 11) is 0. The van der Waals surface area contributed by atoms with E-state index in [1.54, 1.807) is 16.7 Å². The largest absolute Gasteiger partial charge is 1.00 e. The van der Waals surface area contributed by atoms with Crippen molar-refractivity contribution in [3.63, 3.8) is 0 Å². The summed E-state index contributed by atoms with van der Waals surface area (Å²) >= 11 is 0. The number of benzene rings is 2. The molecule has 164 valence electrons. The zero-order valence-electron chi connectivity index (χ0n) is 19.4. The number of allylic oxidation sites excluding steroid dienone is 4. The van der Waals surface area contributed by atoms with Gasteiger partial charge in [-0.25, -0.2) is 0 Å². The first-order chi connectivity index (χ1) is 13.1. The molecule has 5 rings (SSSR count). The molecule has 0 nitrogen and oxygen atoms in total. The molecule has 0 spiro atoms. The summed E-state index contributed by atoms with van der Waals surface area (Å²) in [6.45, 7) is 14.5. The fourth-order valence-electron chi connectivity index (χ4n) is 6.27. The van der Waals surface area contributed by atoms with Crippen LogP contribution in [-0.2, 0) is 37.7 Å². The quantitative estimate of drug-likeness (QED) is 0.363. The number of hydrogen-bond donors (Lipinski definition) is 0. The summed E-state index contributed by atoms with van der Waals surface area (Å²) in [5, 5.41) is 0. The van der Waals surface area contributed by atoms with E-state index < -0.39 is 0 Å². The van der Waals surface area contributed by atoms with Crippen molar-refractivity contribution in [2.75, 3.05) is 0 Å². The molecular formula is C28H32Cl2Hf-2. The zero-order chi connectivity index (χ0) is 19.9. The third-order valence-electron chi connectivity index (χ3n) is 7.60. The molecule has 3 aliphatic carbocycles. The molecule has 1 saturated carbocycles. The van der Waals surface area contributed by atoms with Crippen molar-refractivity contribution < 1.29 is 50.7 Å². The van der Waals surface area contributed by atoms with Gasteiger partial charge < -0.3 is 24.8 Å². The molecule has 0 aromatic heterocycles. The molecular weight excluding hydrogens is 586 g/mol. The minimum Gasteiger partial charge on any atom is -1.00 e. The number of halogens is 2. The Balaban J connectivity index is 0.00000114. The summed E-state index contributed by atoms with van der Waals surface area (Å²) < 4.78 is 0. The number of fused-ring (bicyclic) bond motifs is 4.